The number of anilines is 1. The third-order valence-electron chi connectivity index (χ3n) is 3.46. The van der Waals surface area contributed by atoms with E-state index in [0.717, 1.165) is 29.0 Å². The minimum atomic E-state index is 0.578. The monoisotopic (exact) mass is 301 g/mol. The fourth-order valence-corrected chi connectivity index (χ4v) is 2.72. The Labute approximate surface area is 128 Å². The number of imidazole rings is 1. The van der Waals surface area contributed by atoms with Crippen molar-refractivity contribution in [2.75, 3.05) is 12.8 Å². The number of aromatic nitrogens is 2. The van der Waals surface area contributed by atoms with Crippen molar-refractivity contribution < 1.29 is 4.74 Å². The summed E-state index contributed by atoms with van der Waals surface area (Å²) in [4.78, 5) is 4.65. The van der Waals surface area contributed by atoms with Crippen LogP contribution in [0.1, 0.15) is 12.7 Å². The molecule has 3 rings (SSSR count). The smallest absolute Gasteiger partial charge is 0.137 e. The highest BCUT2D eigenvalue weighted by atomic mass is 35.5. The average Bonchev–Trinajstić information content (AvgIpc) is 2.84. The van der Waals surface area contributed by atoms with E-state index in [1.807, 2.05) is 36.4 Å². The maximum Gasteiger partial charge on any atom is 0.137 e. The van der Waals surface area contributed by atoms with Crippen LogP contribution in [-0.4, -0.2) is 16.7 Å². The predicted molar refractivity (Wildman–Crippen MR) is 86.4 cm³/mol. The van der Waals surface area contributed by atoms with Crippen molar-refractivity contribution in [3.63, 3.8) is 0 Å². The zero-order valence-corrected chi connectivity index (χ0v) is 12.7. The third-order valence-corrected chi connectivity index (χ3v) is 3.75. The Morgan fingerprint density at radius 3 is 2.71 bits per heavy atom. The van der Waals surface area contributed by atoms with Gasteiger partial charge >= 0.3 is 0 Å². The second-order valence-electron chi connectivity index (χ2n) is 4.78. The number of rotatable bonds is 3. The molecule has 21 heavy (non-hydrogen) atoms. The number of hydrogen-bond donors (Lipinski definition) is 1. The van der Waals surface area contributed by atoms with Gasteiger partial charge in [-0.15, -0.1) is 0 Å². The van der Waals surface area contributed by atoms with E-state index in [1.165, 1.54) is 0 Å². The second kappa shape index (κ2) is 5.30. The van der Waals surface area contributed by atoms with Crippen LogP contribution < -0.4 is 10.5 Å². The van der Waals surface area contributed by atoms with E-state index in [0.29, 0.717) is 16.5 Å². The quantitative estimate of drug-likeness (QED) is 0.748. The van der Waals surface area contributed by atoms with Crippen LogP contribution in [0, 0.1) is 0 Å². The molecule has 0 aliphatic heterocycles. The number of nitrogens with zero attached hydrogens (tertiary/aromatic N) is 2. The normalized spacial score (nSPS) is 11.0. The first-order valence-corrected chi connectivity index (χ1v) is 7.12. The third kappa shape index (κ3) is 2.32. The molecule has 0 amide bonds. The zero-order valence-electron chi connectivity index (χ0n) is 11.9. The summed E-state index contributed by atoms with van der Waals surface area (Å²) in [6, 6.07) is 11.5. The van der Waals surface area contributed by atoms with Gasteiger partial charge in [0.05, 0.1) is 23.2 Å². The first-order chi connectivity index (χ1) is 10.1. The van der Waals surface area contributed by atoms with Gasteiger partial charge in [0.15, 0.2) is 0 Å². The summed E-state index contributed by atoms with van der Waals surface area (Å²) in [5.41, 5.74) is 9.42. The maximum absolute atomic E-state index is 6.24. The highest BCUT2D eigenvalue weighted by Crippen LogP contribution is 2.30. The molecule has 0 saturated carbocycles. The minimum Gasteiger partial charge on any atom is -0.495 e. The van der Waals surface area contributed by atoms with Crippen LogP contribution in [0.25, 0.3) is 16.7 Å². The van der Waals surface area contributed by atoms with Crippen LogP contribution in [0.15, 0.2) is 36.4 Å². The van der Waals surface area contributed by atoms with Crippen LogP contribution in [0.5, 0.6) is 5.75 Å². The van der Waals surface area contributed by atoms with Crippen LogP contribution in [0.3, 0.4) is 0 Å². The van der Waals surface area contributed by atoms with Crippen molar-refractivity contribution in [3.05, 3.63) is 47.2 Å². The maximum atomic E-state index is 6.24. The van der Waals surface area contributed by atoms with Gasteiger partial charge in [0.2, 0.25) is 0 Å². The number of ether oxygens (including phenoxy) is 1. The SMILES string of the molecule is CCc1nc2cc(N)ccc2n1-c1ccc(OC)c(Cl)c1. The van der Waals surface area contributed by atoms with Crippen molar-refractivity contribution in [2.45, 2.75) is 13.3 Å². The molecule has 5 heteroatoms. The van der Waals surface area contributed by atoms with E-state index in [9.17, 15) is 0 Å². The Kier molecular flexibility index (Phi) is 3.47. The molecule has 0 fully saturated rings. The van der Waals surface area contributed by atoms with E-state index < -0.39 is 0 Å². The highest BCUT2D eigenvalue weighted by molar-refractivity contribution is 6.32. The van der Waals surface area contributed by atoms with Crippen LogP contribution in [0.2, 0.25) is 5.02 Å². The zero-order chi connectivity index (χ0) is 15.0. The minimum absolute atomic E-state index is 0.578. The fraction of sp³-hybridized carbons (Fsp3) is 0.188. The summed E-state index contributed by atoms with van der Waals surface area (Å²) < 4.78 is 7.30. The van der Waals surface area contributed by atoms with Gasteiger partial charge in [-0.25, -0.2) is 4.98 Å². The molecule has 1 heterocycles. The van der Waals surface area contributed by atoms with Crippen molar-refractivity contribution in [2.24, 2.45) is 0 Å². The summed E-state index contributed by atoms with van der Waals surface area (Å²) in [7, 11) is 1.60. The largest absolute Gasteiger partial charge is 0.495 e. The number of hydrogen-bond acceptors (Lipinski definition) is 3. The molecule has 0 spiro atoms. The lowest BCUT2D eigenvalue weighted by Gasteiger charge is -2.10. The van der Waals surface area contributed by atoms with Gasteiger partial charge in [-0.05, 0) is 36.4 Å². The number of fused-ring (bicyclic) bond motifs is 1. The number of nitrogens with two attached hydrogens (primary N) is 1. The van der Waals surface area contributed by atoms with Gasteiger partial charge in [0.25, 0.3) is 0 Å². The summed E-state index contributed by atoms with van der Waals surface area (Å²) in [6.07, 6.45) is 0.818. The highest BCUT2D eigenvalue weighted by Gasteiger charge is 2.12. The van der Waals surface area contributed by atoms with E-state index in [1.54, 1.807) is 7.11 Å². The lowest BCUT2D eigenvalue weighted by Crippen LogP contribution is -2.00. The van der Waals surface area contributed by atoms with Crippen molar-refractivity contribution in [1.29, 1.82) is 0 Å². The van der Waals surface area contributed by atoms with Gasteiger partial charge in [0.1, 0.15) is 11.6 Å². The molecule has 3 aromatic rings. The molecule has 0 aliphatic rings. The van der Waals surface area contributed by atoms with E-state index in [-0.39, 0.29) is 0 Å². The Bertz CT molecular complexity index is 811. The van der Waals surface area contributed by atoms with Crippen molar-refractivity contribution in [1.82, 2.24) is 9.55 Å². The van der Waals surface area contributed by atoms with Gasteiger partial charge in [-0.3, -0.25) is 4.57 Å². The Morgan fingerprint density at radius 1 is 1.24 bits per heavy atom. The summed E-state index contributed by atoms with van der Waals surface area (Å²) >= 11 is 6.24. The van der Waals surface area contributed by atoms with Crippen LogP contribution in [0.4, 0.5) is 5.69 Å². The molecule has 4 nitrogen and oxygen atoms in total. The lowest BCUT2D eigenvalue weighted by molar-refractivity contribution is 0.415. The molecule has 2 N–H and O–H groups in total. The Balaban J connectivity index is 2.25. The molecule has 0 atom stereocenters. The molecular weight excluding hydrogens is 286 g/mol. The summed E-state index contributed by atoms with van der Waals surface area (Å²) in [6.45, 7) is 2.08. The van der Waals surface area contributed by atoms with Crippen LogP contribution >= 0.6 is 11.6 Å². The number of benzene rings is 2. The molecule has 0 bridgehead atoms. The Morgan fingerprint density at radius 2 is 2.05 bits per heavy atom. The standard InChI is InChI=1S/C16H16ClN3O/c1-3-16-19-13-8-10(18)4-6-14(13)20(16)11-5-7-15(21-2)12(17)9-11/h4-9H,3,18H2,1-2H3. The van der Waals surface area contributed by atoms with Crippen molar-refractivity contribution in [3.8, 4) is 11.4 Å². The van der Waals surface area contributed by atoms with E-state index in [4.69, 9.17) is 22.1 Å². The molecule has 0 aliphatic carbocycles. The molecule has 0 saturated heterocycles. The van der Waals surface area contributed by atoms with Crippen molar-refractivity contribution >= 4 is 28.3 Å². The van der Waals surface area contributed by atoms with E-state index in [2.05, 4.69) is 16.5 Å². The second-order valence-corrected chi connectivity index (χ2v) is 5.19. The fourth-order valence-electron chi connectivity index (χ4n) is 2.47. The topological polar surface area (TPSA) is 53.1 Å². The molecule has 0 radical (unpaired) electrons. The Hall–Kier alpha value is -2.20. The molecule has 2 aromatic carbocycles. The molecule has 108 valence electrons. The molecule has 0 unspecified atom stereocenters. The summed E-state index contributed by atoms with van der Waals surface area (Å²) in [5.74, 6) is 1.63. The predicted octanol–water partition coefficient (Wildman–Crippen LogP) is 3.83. The van der Waals surface area contributed by atoms with Gasteiger partial charge in [-0.2, -0.15) is 0 Å². The van der Waals surface area contributed by atoms with Gasteiger partial charge in [-0.1, -0.05) is 18.5 Å². The summed E-state index contributed by atoms with van der Waals surface area (Å²) in [5, 5.41) is 0.578. The first kappa shape index (κ1) is 13.8. The molecule has 1 aromatic heterocycles. The van der Waals surface area contributed by atoms with Gasteiger partial charge in [0, 0.05) is 17.8 Å². The van der Waals surface area contributed by atoms with E-state index >= 15 is 0 Å². The molecular formula is C16H16ClN3O. The van der Waals surface area contributed by atoms with Crippen LogP contribution in [-0.2, 0) is 6.42 Å². The number of nitrogen functional groups attached to an aromatic ring is 1. The first-order valence-electron chi connectivity index (χ1n) is 6.74. The number of methoxy groups -OCH3 is 1. The number of halogens is 1. The lowest BCUT2D eigenvalue weighted by atomic mass is 10.2. The van der Waals surface area contributed by atoms with Gasteiger partial charge < -0.3 is 10.5 Å². The number of aryl methyl sites for hydroxylation is 1. The average molecular weight is 302 g/mol.